The molecule has 48 valence electrons. The first-order valence-corrected chi connectivity index (χ1v) is 3.79. The molecule has 0 aliphatic heterocycles. The molecule has 0 heterocycles. The van der Waals surface area contributed by atoms with Gasteiger partial charge in [0, 0.05) is 12.9 Å². The van der Waals surface area contributed by atoms with E-state index in [9.17, 15) is 4.57 Å². The molecule has 0 saturated carbocycles. The molecule has 4 heteroatoms. The second kappa shape index (κ2) is 3.02. The normalized spacial score (nSPS) is 18.9. The second-order valence-electron chi connectivity index (χ2n) is 1.23. The molecular formula is C4H9O3P. The average Bonchev–Trinajstić information content (AvgIpc) is 1.67. The predicted molar refractivity (Wildman–Crippen MR) is 31.6 cm³/mol. The largest absolute Gasteiger partial charge is 0.351 e. The fourth-order valence-corrected chi connectivity index (χ4v) is 0.748. The molecule has 0 aromatic carbocycles. The van der Waals surface area contributed by atoms with Gasteiger partial charge in [0.05, 0.1) is 0 Å². The highest BCUT2D eigenvalue weighted by Crippen LogP contribution is 2.41. The Morgan fingerprint density at radius 3 is 2.38 bits per heavy atom. The minimum absolute atomic E-state index is 1.13. The van der Waals surface area contributed by atoms with Gasteiger partial charge in [0.25, 0.3) is 0 Å². The van der Waals surface area contributed by atoms with E-state index in [-0.39, 0.29) is 0 Å². The first-order valence-electron chi connectivity index (χ1n) is 2.14. The van der Waals surface area contributed by atoms with E-state index in [1.165, 1.54) is 13.2 Å². The van der Waals surface area contributed by atoms with Crippen LogP contribution in [0.2, 0.25) is 0 Å². The molecule has 1 N–H and O–H groups in total. The maximum Gasteiger partial charge on any atom is 0.351 e. The van der Waals surface area contributed by atoms with Crippen LogP contribution in [0.4, 0.5) is 0 Å². The van der Waals surface area contributed by atoms with Crippen molar-refractivity contribution in [3.63, 3.8) is 0 Å². The summed E-state index contributed by atoms with van der Waals surface area (Å²) in [4.78, 5) is 8.57. The van der Waals surface area contributed by atoms with E-state index in [1.807, 2.05) is 0 Å². The van der Waals surface area contributed by atoms with Crippen molar-refractivity contribution in [2.45, 2.75) is 6.92 Å². The Kier molecular flexibility index (Phi) is 2.98. The SMILES string of the molecule is CC=CP(=O)(O)OC. The van der Waals surface area contributed by atoms with Crippen LogP contribution in [0, 0.1) is 0 Å². The van der Waals surface area contributed by atoms with Crippen LogP contribution in [-0.2, 0) is 9.09 Å². The summed E-state index contributed by atoms with van der Waals surface area (Å²) in [6, 6.07) is 0. The third-order valence-electron chi connectivity index (χ3n) is 0.599. The molecule has 0 aliphatic rings. The topological polar surface area (TPSA) is 46.5 Å². The van der Waals surface area contributed by atoms with Crippen LogP contribution in [0.15, 0.2) is 11.9 Å². The fraction of sp³-hybridized carbons (Fsp3) is 0.500. The molecule has 0 bridgehead atoms. The summed E-state index contributed by atoms with van der Waals surface area (Å²) in [7, 11) is -2.16. The van der Waals surface area contributed by atoms with Gasteiger partial charge in [-0.05, 0) is 6.92 Å². The zero-order valence-electron chi connectivity index (χ0n) is 4.87. The van der Waals surface area contributed by atoms with Crippen molar-refractivity contribution in [3.05, 3.63) is 11.9 Å². The van der Waals surface area contributed by atoms with Crippen LogP contribution in [0.3, 0.4) is 0 Å². The standard InChI is InChI=1S/C4H9O3P/c1-3-4-8(5,6)7-2/h3-4H,1-2H3,(H,5,6). The van der Waals surface area contributed by atoms with Crippen LogP contribution < -0.4 is 0 Å². The van der Waals surface area contributed by atoms with Crippen LogP contribution in [-0.4, -0.2) is 12.0 Å². The van der Waals surface area contributed by atoms with Gasteiger partial charge in [0.1, 0.15) is 0 Å². The summed E-state index contributed by atoms with van der Waals surface area (Å²) in [5, 5.41) is 0. The Labute approximate surface area is 48.5 Å². The molecule has 0 spiro atoms. The van der Waals surface area contributed by atoms with Gasteiger partial charge in [-0.1, -0.05) is 6.08 Å². The minimum Gasteiger partial charge on any atom is -0.321 e. The summed E-state index contributed by atoms with van der Waals surface area (Å²) in [5.41, 5.74) is 0. The summed E-state index contributed by atoms with van der Waals surface area (Å²) >= 11 is 0. The number of hydrogen-bond donors (Lipinski definition) is 1. The molecule has 0 aromatic rings. The smallest absolute Gasteiger partial charge is 0.321 e. The number of allylic oxidation sites excluding steroid dienone is 1. The number of rotatable bonds is 2. The summed E-state index contributed by atoms with van der Waals surface area (Å²) in [5.74, 6) is 1.13. The molecule has 1 unspecified atom stereocenters. The maximum absolute atomic E-state index is 10.4. The lowest BCUT2D eigenvalue weighted by Crippen LogP contribution is -1.75. The lowest BCUT2D eigenvalue weighted by molar-refractivity contribution is 0.327. The fourth-order valence-electron chi connectivity index (χ4n) is 0.249. The van der Waals surface area contributed by atoms with Gasteiger partial charge < -0.3 is 9.42 Å². The Morgan fingerprint density at radius 2 is 2.25 bits per heavy atom. The zero-order chi connectivity index (χ0) is 6.62. The molecule has 0 aromatic heterocycles. The summed E-state index contributed by atoms with van der Waals surface area (Å²) < 4.78 is 14.6. The van der Waals surface area contributed by atoms with E-state index >= 15 is 0 Å². The van der Waals surface area contributed by atoms with Crippen molar-refractivity contribution < 1.29 is 14.0 Å². The maximum atomic E-state index is 10.4. The number of hydrogen-bond acceptors (Lipinski definition) is 2. The van der Waals surface area contributed by atoms with Gasteiger partial charge in [0.2, 0.25) is 0 Å². The van der Waals surface area contributed by atoms with Crippen LogP contribution in [0.1, 0.15) is 6.92 Å². The molecule has 0 radical (unpaired) electrons. The van der Waals surface area contributed by atoms with E-state index in [0.29, 0.717) is 0 Å². The molecule has 8 heavy (non-hydrogen) atoms. The van der Waals surface area contributed by atoms with Crippen LogP contribution in [0.25, 0.3) is 0 Å². The highest BCUT2D eigenvalue weighted by atomic mass is 31.2. The second-order valence-corrected chi connectivity index (χ2v) is 3.02. The highest BCUT2D eigenvalue weighted by molar-refractivity contribution is 7.56. The van der Waals surface area contributed by atoms with Crippen molar-refractivity contribution in [1.82, 2.24) is 0 Å². The Bertz CT molecular complexity index is 129. The van der Waals surface area contributed by atoms with Gasteiger partial charge in [0.15, 0.2) is 0 Å². The Hall–Kier alpha value is -0.110. The van der Waals surface area contributed by atoms with Crippen LogP contribution in [0.5, 0.6) is 0 Å². The van der Waals surface area contributed by atoms with Crippen molar-refractivity contribution >= 4 is 7.60 Å². The average molecular weight is 136 g/mol. The Balaban J connectivity index is 3.93. The van der Waals surface area contributed by atoms with E-state index in [0.717, 1.165) is 5.82 Å². The van der Waals surface area contributed by atoms with Crippen molar-refractivity contribution in [3.8, 4) is 0 Å². The first kappa shape index (κ1) is 7.89. The van der Waals surface area contributed by atoms with Gasteiger partial charge >= 0.3 is 7.60 Å². The van der Waals surface area contributed by atoms with Gasteiger partial charge in [-0.25, -0.2) is 0 Å². The first-order chi connectivity index (χ1) is 3.62. The van der Waals surface area contributed by atoms with Crippen molar-refractivity contribution in [1.29, 1.82) is 0 Å². The molecule has 0 saturated heterocycles. The van der Waals surface area contributed by atoms with E-state index in [2.05, 4.69) is 4.52 Å². The predicted octanol–water partition coefficient (Wildman–Crippen LogP) is 1.35. The third kappa shape index (κ3) is 2.97. The monoisotopic (exact) mass is 136 g/mol. The molecule has 0 rings (SSSR count). The third-order valence-corrected chi connectivity index (χ3v) is 1.80. The lowest BCUT2D eigenvalue weighted by atomic mass is 10.8. The summed E-state index contributed by atoms with van der Waals surface area (Å²) in [6.07, 6.45) is 1.48. The molecule has 1 atom stereocenters. The minimum atomic E-state index is -3.35. The molecule has 0 aliphatic carbocycles. The quantitative estimate of drug-likeness (QED) is 0.583. The molecule has 3 nitrogen and oxygen atoms in total. The van der Waals surface area contributed by atoms with E-state index in [1.54, 1.807) is 6.92 Å². The van der Waals surface area contributed by atoms with E-state index in [4.69, 9.17) is 4.89 Å². The zero-order valence-corrected chi connectivity index (χ0v) is 5.76. The highest BCUT2D eigenvalue weighted by Gasteiger charge is 2.08. The van der Waals surface area contributed by atoms with Crippen molar-refractivity contribution in [2.24, 2.45) is 0 Å². The van der Waals surface area contributed by atoms with Gasteiger partial charge in [-0.15, -0.1) is 0 Å². The lowest BCUT2D eigenvalue weighted by Gasteiger charge is -1.99. The van der Waals surface area contributed by atoms with Gasteiger partial charge in [-0.2, -0.15) is 0 Å². The molecular weight excluding hydrogens is 127 g/mol. The molecule has 0 amide bonds. The summed E-state index contributed by atoms with van der Waals surface area (Å²) in [6.45, 7) is 1.65. The Morgan fingerprint density at radius 1 is 1.75 bits per heavy atom. The van der Waals surface area contributed by atoms with E-state index < -0.39 is 7.60 Å². The van der Waals surface area contributed by atoms with Gasteiger partial charge in [-0.3, -0.25) is 4.57 Å². The molecule has 0 fully saturated rings. The van der Waals surface area contributed by atoms with Crippen LogP contribution >= 0.6 is 7.60 Å². The van der Waals surface area contributed by atoms with Crippen molar-refractivity contribution in [2.75, 3.05) is 7.11 Å².